The first-order valence-corrected chi connectivity index (χ1v) is 12.4. The standard InChI is InChI=1S/C26H42N4O7/c1-18(29-23(33)35-17-19-12-9-8-10-13-19)21(31)28-16-20(30-24(34)37-26(5,6)7)14-11-15-27-22(32)36-25(2,3)4/h8-10,12-13,18,20H,11,14-17H2,1-7H3,(H,27,32)(H,28,31)(H,29,33)(H,30,34)/t18-,20-/m0/s1. The number of hydrogen-bond donors (Lipinski definition) is 4. The van der Waals surface area contributed by atoms with E-state index < -0.39 is 47.5 Å². The second-order valence-corrected chi connectivity index (χ2v) is 10.6. The topological polar surface area (TPSA) is 144 Å². The van der Waals surface area contributed by atoms with Gasteiger partial charge in [-0.15, -0.1) is 0 Å². The molecule has 1 aromatic rings. The molecule has 0 bridgehead atoms. The SMILES string of the molecule is C[C@H](NC(=O)OCc1ccccc1)C(=O)NC[C@H](CCCNC(=O)OC(C)(C)C)NC(=O)OC(C)(C)C. The van der Waals surface area contributed by atoms with Crippen molar-refractivity contribution in [3.05, 3.63) is 35.9 Å². The number of carbonyl (C=O) groups is 4. The first-order chi connectivity index (χ1) is 17.1. The van der Waals surface area contributed by atoms with Crippen LogP contribution < -0.4 is 21.3 Å². The van der Waals surface area contributed by atoms with E-state index in [1.54, 1.807) is 41.5 Å². The van der Waals surface area contributed by atoms with Gasteiger partial charge in [0.1, 0.15) is 23.9 Å². The van der Waals surface area contributed by atoms with Crippen molar-refractivity contribution in [3.8, 4) is 0 Å². The smallest absolute Gasteiger partial charge is 0.408 e. The molecular formula is C26H42N4O7. The second-order valence-electron chi connectivity index (χ2n) is 10.6. The Balaban J connectivity index is 2.54. The molecule has 2 atom stereocenters. The summed E-state index contributed by atoms with van der Waals surface area (Å²) in [5.41, 5.74) is -0.463. The summed E-state index contributed by atoms with van der Waals surface area (Å²) in [5, 5.41) is 10.6. The molecule has 0 radical (unpaired) electrons. The molecule has 0 fully saturated rings. The van der Waals surface area contributed by atoms with Crippen LogP contribution in [0.4, 0.5) is 14.4 Å². The summed E-state index contributed by atoms with van der Waals surface area (Å²) in [6.45, 7) is 12.6. The third-order valence-corrected chi connectivity index (χ3v) is 4.58. The van der Waals surface area contributed by atoms with Gasteiger partial charge in [0, 0.05) is 19.1 Å². The maximum absolute atomic E-state index is 12.5. The van der Waals surface area contributed by atoms with E-state index in [2.05, 4.69) is 21.3 Å². The zero-order chi connectivity index (χ0) is 28.1. The van der Waals surface area contributed by atoms with Gasteiger partial charge in [-0.05, 0) is 66.9 Å². The van der Waals surface area contributed by atoms with Crippen LogP contribution in [-0.4, -0.2) is 60.6 Å². The number of nitrogens with one attached hydrogen (secondary N) is 4. The van der Waals surface area contributed by atoms with Gasteiger partial charge in [0.15, 0.2) is 0 Å². The van der Waals surface area contributed by atoms with Crippen molar-refractivity contribution < 1.29 is 33.4 Å². The average molecular weight is 523 g/mol. The van der Waals surface area contributed by atoms with E-state index in [1.807, 2.05) is 30.3 Å². The molecule has 37 heavy (non-hydrogen) atoms. The lowest BCUT2D eigenvalue weighted by Crippen LogP contribution is -2.50. The van der Waals surface area contributed by atoms with E-state index >= 15 is 0 Å². The van der Waals surface area contributed by atoms with Crippen molar-refractivity contribution >= 4 is 24.2 Å². The summed E-state index contributed by atoms with van der Waals surface area (Å²) in [7, 11) is 0. The minimum Gasteiger partial charge on any atom is -0.445 e. The van der Waals surface area contributed by atoms with Crippen molar-refractivity contribution in [2.24, 2.45) is 0 Å². The highest BCUT2D eigenvalue weighted by molar-refractivity contribution is 5.85. The van der Waals surface area contributed by atoms with Gasteiger partial charge in [0.05, 0.1) is 0 Å². The normalized spacial score (nSPS) is 12.9. The lowest BCUT2D eigenvalue weighted by Gasteiger charge is -2.24. The Bertz CT molecular complexity index is 879. The van der Waals surface area contributed by atoms with E-state index in [4.69, 9.17) is 14.2 Å². The molecule has 4 amide bonds. The van der Waals surface area contributed by atoms with Crippen molar-refractivity contribution in [2.45, 2.75) is 91.2 Å². The summed E-state index contributed by atoms with van der Waals surface area (Å²) in [6, 6.07) is 7.84. The summed E-state index contributed by atoms with van der Waals surface area (Å²) in [6.07, 6.45) is -0.923. The van der Waals surface area contributed by atoms with E-state index in [9.17, 15) is 19.2 Å². The number of hydrogen-bond acceptors (Lipinski definition) is 7. The molecule has 0 saturated carbocycles. The molecule has 0 spiro atoms. The molecule has 1 rings (SSSR count). The minimum atomic E-state index is -0.862. The van der Waals surface area contributed by atoms with Crippen molar-refractivity contribution in [3.63, 3.8) is 0 Å². The van der Waals surface area contributed by atoms with E-state index in [0.29, 0.717) is 19.4 Å². The number of carbonyl (C=O) groups excluding carboxylic acids is 4. The molecule has 0 unspecified atom stereocenters. The van der Waals surface area contributed by atoms with Crippen LogP contribution in [0.1, 0.15) is 66.9 Å². The Labute approximate surface area is 219 Å². The van der Waals surface area contributed by atoms with Gasteiger partial charge >= 0.3 is 18.3 Å². The summed E-state index contributed by atoms with van der Waals surface area (Å²) in [4.78, 5) is 48.6. The van der Waals surface area contributed by atoms with E-state index in [0.717, 1.165) is 5.56 Å². The van der Waals surface area contributed by atoms with Crippen molar-refractivity contribution in [1.82, 2.24) is 21.3 Å². The molecule has 11 nitrogen and oxygen atoms in total. The summed E-state index contributed by atoms with van der Waals surface area (Å²) in [5.74, 6) is -0.445. The van der Waals surface area contributed by atoms with Crippen molar-refractivity contribution in [2.75, 3.05) is 13.1 Å². The number of benzene rings is 1. The van der Waals surface area contributed by atoms with Crippen LogP contribution in [0.2, 0.25) is 0 Å². The van der Waals surface area contributed by atoms with Gasteiger partial charge < -0.3 is 35.5 Å². The fraction of sp³-hybridized carbons (Fsp3) is 0.615. The highest BCUT2D eigenvalue weighted by atomic mass is 16.6. The Hall–Kier alpha value is -3.50. The second kappa shape index (κ2) is 14.9. The number of amides is 4. The van der Waals surface area contributed by atoms with Gasteiger partial charge in [-0.1, -0.05) is 30.3 Å². The Morgan fingerprint density at radius 3 is 2.00 bits per heavy atom. The van der Waals surface area contributed by atoms with Crippen LogP contribution in [0.3, 0.4) is 0 Å². The molecule has 0 saturated heterocycles. The predicted molar refractivity (Wildman–Crippen MR) is 139 cm³/mol. The molecule has 11 heteroatoms. The fourth-order valence-electron chi connectivity index (χ4n) is 2.94. The van der Waals surface area contributed by atoms with Gasteiger partial charge in [-0.2, -0.15) is 0 Å². The fourth-order valence-corrected chi connectivity index (χ4v) is 2.94. The van der Waals surface area contributed by atoms with Gasteiger partial charge in [0.25, 0.3) is 0 Å². The highest BCUT2D eigenvalue weighted by Gasteiger charge is 2.22. The third-order valence-electron chi connectivity index (χ3n) is 4.58. The average Bonchev–Trinajstić information content (AvgIpc) is 2.76. The molecule has 1 aromatic carbocycles. The molecule has 0 aliphatic heterocycles. The van der Waals surface area contributed by atoms with Gasteiger partial charge in [-0.3, -0.25) is 4.79 Å². The van der Waals surface area contributed by atoms with Gasteiger partial charge in [-0.25, -0.2) is 14.4 Å². The molecule has 0 heterocycles. The van der Waals surface area contributed by atoms with Crippen LogP contribution in [0.5, 0.6) is 0 Å². The highest BCUT2D eigenvalue weighted by Crippen LogP contribution is 2.08. The number of ether oxygens (including phenoxy) is 3. The van der Waals surface area contributed by atoms with Crippen LogP contribution in [0.15, 0.2) is 30.3 Å². The number of alkyl carbamates (subject to hydrolysis) is 3. The molecular weight excluding hydrogens is 480 g/mol. The maximum Gasteiger partial charge on any atom is 0.408 e. The Morgan fingerprint density at radius 1 is 0.811 bits per heavy atom. The molecule has 208 valence electrons. The van der Waals surface area contributed by atoms with Crippen molar-refractivity contribution in [1.29, 1.82) is 0 Å². The Morgan fingerprint density at radius 2 is 1.41 bits per heavy atom. The lowest BCUT2D eigenvalue weighted by molar-refractivity contribution is -0.122. The van der Waals surface area contributed by atoms with Crippen LogP contribution in [-0.2, 0) is 25.6 Å². The van der Waals surface area contributed by atoms with E-state index in [-0.39, 0.29) is 13.2 Å². The quantitative estimate of drug-likeness (QED) is 0.257. The van der Waals surface area contributed by atoms with E-state index in [1.165, 1.54) is 6.92 Å². The summed E-state index contributed by atoms with van der Waals surface area (Å²) >= 11 is 0. The molecule has 0 aliphatic carbocycles. The first kappa shape index (κ1) is 31.5. The van der Waals surface area contributed by atoms with Gasteiger partial charge in [0.2, 0.25) is 5.91 Å². The maximum atomic E-state index is 12.5. The Kier molecular flexibility index (Phi) is 12.7. The number of rotatable bonds is 11. The molecule has 4 N–H and O–H groups in total. The van der Waals surface area contributed by atoms with Crippen LogP contribution >= 0.6 is 0 Å². The third kappa shape index (κ3) is 16.0. The predicted octanol–water partition coefficient (Wildman–Crippen LogP) is 3.62. The largest absolute Gasteiger partial charge is 0.445 e. The summed E-state index contributed by atoms with van der Waals surface area (Å²) < 4.78 is 15.7. The van der Waals surface area contributed by atoms with Crippen LogP contribution in [0, 0.1) is 0 Å². The zero-order valence-corrected chi connectivity index (χ0v) is 22.9. The molecule has 0 aromatic heterocycles. The molecule has 0 aliphatic rings. The first-order valence-electron chi connectivity index (χ1n) is 12.4. The van der Waals surface area contributed by atoms with Crippen LogP contribution in [0.25, 0.3) is 0 Å². The lowest BCUT2D eigenvalue weighted by atomic mass is 10.1. The zero-order valence-electron chi connectivity index (χ0n) is 22.9. The minimum absolute atomic E-state index is 0.0836. The monoisotopic (exact) mass is 522 g/mol.